The summed E-state index contributed by atoms with van der Waals surface area (Å²) in [6.07, 6.45) is 16.6. The van der Waals surface area contributed by atoms with Crippen LogP contribution in [0.4, 0.5) is 0 Å². The predicted molar refractivity (Wildman–Crippen MR) is 530 cm³/mol. The molecule has 0 atom stereocenters. The quantitative estimate of drug-likeness (QED) is 0.0766. The molecule has 0 bridgehead atoms. The van der Waals surface area contributed by atoms with Gasteiger partial charge < -0.3 is 19.9 Å². The average Bonchev–Trinajstić information content (AvgIpc) is 0.767. The van der Waals surface area contributed by atoms with Crippen molar-refractivity contribution in [2.24, 2.45) is 0 Å². The third kappa shape index (κ3) is 19.2. The standard InChI is InChI=1S/C120H94N10.2Ir/c1-117(2,3)95-53-61-121-107(71-95)79-37-45-85(46-38-79)113-103(25-17-57-125-113)91-65-89(66-92(69-91)104-26-18-58-126-114(104)86-47-39-80(40-48-86)108-72-96(54-62-122-108)118(4,5)6)101-23-15-13-21-99(101)77-29-33-83(34-30-77)111-75-112(130-76-129-111)84-35-31-78(32-36-84)100-22-14-16-24-102(100)90-67-93(105-27-19-59-127-115(105)87-49-41-81(42-50-87)109-73-97(55-63-123-109)119(7,8)9)70-94(68-90)106-28-20-60-128-116(106)88-51-43-82(44-52-88)110-74-98(56-64-124-110)120(10,11)12;;/h13-33,35,37,39,41,43,45-76H,1-12H3;;/q-6;2*+3. The molecule has 10 aromatic carbocycles. The van der Waals surface area contributed by atoms with Gasteiger partial charge in [-0.05, 0) is 230 Å². The summed E-state index contributed by atoms with van der Waals surface area (Å²) in [6.45, 7) is 26.6. The van der Waals surface area contributed by atoms with Crippen molar-refractivity contribution in [3.8, 4) is 202 Å². The summed E-state index contributed by atoms with van der Waals surface area (Å²) in [7, 11) is 0. The van der Waals surface area contributed by atoms with Crippen molar-refractivity contribution >= 4 is 0 Å². The minimum absolute atomic E-state index is 0. The van der Waals surface area contributed by atoms with Gasteiger partial charge in [0.05, 0.1) is 6.33 Å². The number of rotatable bonds is 18. The van der Waals surface area contributed by atoms with E-state index in [1.165, 1.54) is 22.3 Å². The summed E-state index contributed by atoms with van der Waals surface area (Å²) in [6, 6.07) is 126. The maximum absolute atomic E-state index is 5.12. The van der Waals surface area contributed by atoms with Gasteiger partial charge in [0.25, 0.3) is 0 Å². The van der Waals surface area contributed by atoms with Crippen molar-refractivity contribution in [3.63, 3.8) is 0 Å². The monoisotopic (exact) mass is 2060 g/mol. The molecule has 12 heteroatoms. The number of pyridine rings is 8. The van der Waals surface area contributed by atoms with Gasteiger partial charge in [-0.25, -0.2) is 0 Å². The summed E-state index contributed by atoms with van der Waals surface area (Å²) in [5.41, 5.74) is 38.0. The van der Waals surface area contributed by atoms with Crippen LogP contribution >= 0.6 is 0 Å². The van der Waals surface area contributed by atoms with Gasteiger partial charge in [0.15, 0.2) is 0 Å². The topological polar surface area (TPSA) is 129 Å². The SMILES string of the molecule is CC(C)(C)c1ccnc(-c2[c-]cc(-c3ncccc3-c3cc(-c4ccccc4-c4c[c-]c(-c5cc(-c6[c-]cc(-c7ccccc7-c7cc(-c8cccnc8-c8c[c-]c(-c9cc(C(C)(C)C)ccn9)cc8)cc(-c8cccnc8-c8c[c-]c(-c9cc(C(C)(C)C)ccn9)cc8)c7)cc6)ncn5)cc4)cc(-c4cccnc4-c4c[c-]c(-c5cc(C(C)(C)C)ccn5)cc4)c3)cc2)c1.[Ir+3].[Ir+3]. The molecule has 642 valence electrons. The second-order valence-corrected chi connectivity index (χ2v) is 37.2. The van der Waals surface area contributed by atoms with Crippen molar-refractivity contribution in [2.45, 2.75) is 105 Å². The van der Waals surface area contributed by atoms with E-state index in [2.05, 4.69) is 362 Å². The second kappa shape index (κ2) is 37.7. The molecule has 19 rings (SSSR count). The van der Waals surface area contributed by atoms with Crippen LogP contribution in [0.15, 0.2) is 353 Å². The third-order valence-electron chi connectivity index (χ3n) is 24.2. The van der Waals surface area contributed by atoms with Gasteiger partial charge >= 0.3 is 40.2 Å². The Kier molecular flexibility index (Phi) is 25.6. The average molecular weight is 2060 g/mol. The van der Waals surface area contributed by atoms with Crippen LogP contribution in [0.25, 0.3) is 202 Å². The minimum Gasteiger partial charge on any atom is -0.305 e. The Hall–Kier alpha value is -14.2. The van der Waals surface area contributed by atoms with Gasteiger partial charge in [0.1, 0.15) is 0 Å². The van der Waals surface area contributed by atoms with Gasteiger partial charge in [-0.1, -0.05) is 231 Å². The molecule has 0 fully saturated rings. The molecule has 132 heavy (non-hydrogen) atoms. The van der Waals surface area contributed by atoms with Crippen LogP contribution in [0.5, 0.6) is 0 Å². The number of hydrogen-bond donors (Lipinski definition) is 0. The minimum atomic E-state index is -0.0331. The molecule has 0 saturated carbocycles. The molecule has 10 nitrogen and oxygen atoms in total. The first-order chi connectivity index (χ1) is 62.9. The Bertz CT molecular complexity index is 6640. The summed E-state index contributed by atoms with van der Waals surface area (Å²) >= 11 is 0. The number of benzene rings is 10. The van der Waals surface area contributed by atoms with Gasteiger partial charge in [0, 0.05) is 72.4 Å². The van der Waals surface area contributed by atoms with Crippen molar-refractivity contribution in [1.82, 2.24) is 49.8 Å². The first kappa shape index (κ1) is 89.7. The zero-order valence-corrected chi connectivity index (χ0v) is 80.4. The van der Waals surface area contributed by atoms with E-state index in [1.807, 2.05) is 104 Å². The molecule has 0 aliphatic carbocycles. The molecule has 0 unspecified atom stereocenters. The number of hydrogen-bond acceptors (Lipinski definition) is 10. The molecule has 9 aromatic heterocycles. The molecular formula is C120H94Ir2N10. The van der Waals surface area contributed by atoms with Crippen LogP contribution in [-0.2, 0) is 61.9 Å². The first-order valence-corrected chi connectivity index (χ1v) is 44.1. The van der Waals surface area contributed by atoms with Crippen LogP contribution in [0.3, 0.4) is 0 Å². The summed E-state index contributed by atoms with van der Waals surface area (Å²) < 4.78 is 0. The largest absolute Gasteiger partial charge is 3.00 e. The van der Waals surface area contributed by atoms with Crippen LogP contribution in [0, 0.1) is 36.4 Å². The van der Waals surface area contributed by atoms with Gasteiger partial charge in [-0.2, -0.15) is 0 Å². The predicted octanol–water partition coefficient (Wildman–Crippen LogP) is 29.6. The maximum Gasteiger partial charge on any atom is 3.00 e. The fourth-order valence-electron chi connectivity index (χ4n) is 16.9. The number of nitrogens with zero attached hydrogens (tertiary/aromatic N) is 10. The van der Waals surface area contributed by atoms with E-state index in [1.54, 1.807) is 6.33 Å². The Balaban J connectivity index is 0.00000608. The molecule has 0 aliphatic heterocycles. The van der Waals surface area contributed by atoms with Gasteiger partial charge in [0.2, 0.25) is 0 Å². The summed E-state index contributed by atoms with van der Waals surface area (Å²) in [5.74, 6) is 0. The van der Waals surface area contributed by atoms with Gasteiger partial charge in [-0.15, -0.1) is 179 Å². The van der Waals surface area contributed by atoms with Crippen molar-refractivity contribution in [3.05, 3.63) is 412 Å². The molecular weight excluding hydrogens is 1970 g/mol. The Morgan fingerprint density at radius 1 is 0.174 bits per heavy atom. The molecule has 9 heterocycles. The van der Waals surface area contributed by atoms with Crippen LogP contribution in [-0.4, -0.2) is 49.8 Å². The molecule has 0 spiro atoms. The Morgan fingerprint density at radius 3 is 0.598 bits per heavy atom. The Labute approximate surface area is 801 Å². The molecule has 0 aliphatic rings. The normalized spacial score (nSPS) is 11.7. The fourth-order valence-corrected chi connectivity index (χ4v) is 16.9. The van der Waals surface area contributed by atoms with E-state index in [0.717, 1.165) is 202 Å². The van der Waals surface area contributed by atoms with E-state index in [9.17, 15) is 0 Å². The fraction of sp³-hybridized carbons (Fsp3) is 0.133. The van der Waals surface area contributed by atoms with E-state index in [-0.39, 0.29) is 61.9 Å². The second-order valence-electron chi connectivity index (χ2n) is 37.2. The first-order valence-electron chi connectivity index (χ1n) is 44.1. The molecule has 0 amide bonds. The van der Waals surface area contributed by atoms with Crippen LogP contribution < -0.4 is 0 Å². The van der Waals surface area contributed by atoms with E-state index >= 15 is 0 Å². The van der Waals surface area contributed by atoms with E-state index in [4.69, 9.17) is 49.8 Å². The Morgan fingerprint density at radius 2 is 0.379 bits per heavy atom. The van der Waals surface area contributed by atoms with Crippen molar-refractivity contribution < 1.29 is 40.2 Å². The van der Waals surface area contributed by atoms with Crippen molar-refractivity contribution in [1.29, 1.82) is 0 Å². The van der Waals surface area contributed by atoms with E-state index in [0.29, 0.717) is 0 Å². The van der Waals surface area contributed by atoms with Crippen molar-refractivity contribution in [2.75, 3.05) is 0 Å². The van der Waals surface area contributed by atoms with Crippen LogP contribution in [0.2, 0.25) is 0 Å². The number of aromatic nitrogens is 10. The van der Waals surface area contributed by atoms with E-state index < -0.39 is 0 Å². The van der Waals surface area contributed by atoms with Gasteiger partial charge in [-0.3, -0.25) is 29.9 Å². The third-order valence-corrected chi connectivity index (χ3v) is 24.2. The summed E-state index contributed by atoms with van der Waals surface area (Å²) in [5, 5.41) is 0. The summed E-state index contributed by atoms with van der Waals surface area (Å²) in [4.78, 5) is 49.3. The smallest absolute Gasteiger partial charge is 0.305 e. The zero-order valence-electron chi connectivity index (χ0n) is 75.6. The molecule has 19 aromatic rings. The maximum atomic E-state index is 5.12. The molecule has 0 N–H and O–H groups in total. The zero-order chi connectivity index (χ0) is 89.4. The molecule has 0 radical (unpaired) electrons. The van der Waals surface area contributed by atoms with Crippen LogP contribution in [0.1, 0.15) is 105 Å². The molecule has 0 saturated heterocycles.